The van der Waals surface area contributed by atoms with Crippen LogP contribution in [0.1, 0.15) is 12.0 Å². The molecule has 0 aromatic heterocycles. The number of carbonyl (C=O) groups excluding carboxylic acids is 1. The molecular weight excluding hydrogens is 168 g/mol. The van der Waals surface area contributed by atoms with E-state index in [0.29, 0.717) is 30.3 Å². The molecule has 0 unspecified atom stereocenters. The lowest BCUT2D eigenvalue weighted by molar-refractivity contribution is 0.297. The summed E-state index contributed by atoms with van der Waals surface area (Å²) >= 11 is 0. The third kappa shape index (κ3) is 1.64. The molecule has 3 nitrogen and oxygen atoms in total. The molecule has 13 heavy (non-hydrogen) atoms. The Hall–Kier alpha value is -1.51. The van der Waals surface area contributed by atoms with Crippen molar-refractivity contribution in [3.05, 3.63) is 23.8 Å². The van der Waals surface area contributed by atoms with Crippen LogP contribution in [-0.4, -0.2) is 19.5 Å². The molecule has 0 aliphatic carbocycles. The van der Waals surface area contributed by atoms with Crippen LogP contribution in [0, 0.1) is 0 Å². The van der Waals surface area contributed by atoms with Crippen molar-refractivity contribution in [1.82, 2.24) is 0 Å². The van der Waals surface area contributed by atoms with E-state index in [9.17, 15) is 4.79 Å². The van der Waals surface area contributed by atoms with Crippen molar-refractivity contribution in [3.63, 3.8) is 0 Å². The molecule has 1 aromatic rings. The first-order valence-corrected chi connectivity index (χ1v) is 4.18. The standard InChI is InChI=1S/C10H9O3/c11-7-8-2-3-9-10(6-8)13-5-1-4-12-9/h2-3,6H,1,4-5H2. The highest BCUT2D eigenvalue weighted by Crippen LogP contribution is 2.29. The first-order chi connectivity index (χ1) is 6.40. The van der Waals surface area contributed by atoms with Crippen LogP contribution in [0.4, 0.5) is 0 Å². The lowest BCUT2D eigenvalue weighted by Crippen LogP contribution is -1.97. The second-order valence-corrected chi connectivity index (χ2v) is 2.81. The fraction of sp³-hybridized carbons (Fsp3) is 0.300. The van der Waals surface area contributed by atoms with Crippen LogP contribution in [0.25, 0.3) is 0 Å². The Morgan fingerprint density at radius 3 is 2.69 bits per heavy atom. The number of hydrogen-bond donors (Lipinski definition) is 0. The zero-order chi connectivity index (χ0) is 9.10. The summed E-state index contributed by atoms with van der Waals surface area (Å²) in [6.45, 7) is 1.30. The number of ether oxygens (including phenoxy) is 2. The van der Waals surface area contributed by atoms with Crippen LogP contribution in [0.2, 0.25) is 0 Å². The zero-order valence-electron chi connectivity index (χ0n) is 7.08. The van der Waals surface area contributed by atoms with Gasteiger partial charge in [0, 0.05) is 12.0 Å². The molecule has 0 bridgehead atoms. The van der Waals surface area contributed by atoms with Crippen LogP contribution in [0.5, 0.6) is 11.5 Å². The van der Waals surface area contributed by atoms with Crippen LogP contribution in [0.3, 0.4) is 0 Å². The second-order valence-electron chi connectivity index (χ2n) is 2.81. The summed E-state index contributed by atoms with van der Waals surface area (Å²) in [6.07, 6.45) is 2.68. The maximum atomic E-state index is 10.4. The monoisotopic (exact) mass is 177 g/mol. The summed E-state index contributed by atoms with van der Waals surface area (Å²) in [5.41, 5.74) is 0.490. The molecule has 0 amide bonds. The molecule has 1 heterocycles. The largest absolute Gasteiger partial charge is 0.490 e. The number of benzene rings is 1. The Kier molecular flexibility index (Phi) is 2.17. The van der Waals surface area contributed by atoms with Gasteiger partial charge in [-0.3, -0.25) is 4.79 Å². The third-order valence-corrected chi connectivity index (χ3v) is 1.87. The summed E-state index contributed by atoms with van der Waals surface area (Å²) in [5, 5.41) is 0. The number of fused-ring (bicyclic) bond motifs is 1. The van der Waals surface area contributed by atoms with Crippen molar-refractivity contribution < 1.29 is 14.3 Å². The van der Waals surface area contributed by atoms with Crippen LogP contribution >= 0.6 is 0 Å². The van der Waals surface area contributed by atoms with Gasteiger partial charge in [0.15, 0.2) is 11.5 Å². The van der Waals surface area contributed by atoms with Crippen LogP contribution in [0.15, 0.2) is 18.2 Å². The number of rotatable bonds is 1. The molecule has 1 aromatic carbocycles. The third-order valence-electron chi connectivity index (χ3n) is 1.87. The molecular formula is C10H9O3. The first kappa shape index (κ1) is 8.10. The van der Waals surface area contributed by atoms with Crippen LogP contribution in [-0.2, 0) is 4.79 Å². The molecule has 3 heteroatoms. The van der Waals surface area contributed by atoms with Crippen molar-refractivity contribution in [3.8, 4) is 11.5 Å². The molecule has 0 fully saturated rings. The first-order valence-electron chi connectivity index (χ1n) is 4.18. The minimum absolute atomic E-state index is 0.490. The van der Waals surface area contributed by atoms with E-state index >= 15 is 0 Å². The predicted molar refractivity (Wildman–Crippen MR) is 46.8 cm³/mol. The van der Waals surface area contributed by atoms with E-state index < -0.39 is 0 Å². The summed E-state index contributed by atoms with van der Waals surface area (Å²) in [4.78, 5) is 10.4. The second kappa shape index (κ2) is 3.47. The van der Waals surface area contributed by atoms with Crippen molar-refractivity contribution >= 4 is 6.29 Å². The Labute approximate surface area is 76.3 Å². The van der Waals surface area contributed by atoms with Gasteiger partial charge in [-0.25, -0.2) is 0 Å². The van der Waals surface area contributed by atoms with Crippen molar-refractivity contribution in [2.45, 2.75) is 6.42 Å². The summed E-state index contributed by atoms with van der Waals surface area (Å²) < 4.78 is 10.8. The van der Waals surface area contributed by atoms with Gasteiger partial charge in [0.25, 0.3) is 0 Å². The number of hydrogen-bond acceptors (Lipinski definition) is 3. The molecule has 1 radical (unpaired) electrons. The topological polar surface area (TPSA) is 35.5 Å². The van der Waals surface area contributed by atoms with E-state index in [4.69, 9.17) is 9.47 Å². The van der Waals surface area contributed by atoms with Gasteiger partial charge in [0.1, 0.15) is 0 Å². The van der Waals surface area contributed by atoms with E-state index in [1.165, 1.54) is 0 Å². The van der Waals surface area contributed by atoms with Crippen molar-refractivity contribution in [1.29, 1.82) is 0 Å². The van der Waals surface area contributed by atoms with Gasteiger partial charge in [0.05, 0.1) is 13.2 Å². The minimum atomic E-state index is 0.490. The fourth-order valence-electron chi connectivity index (χ4n) is 1.23. The van der Waals surface area contributed by atoms with Gasteiger partial charge in [-0.15, -0.1) is 0 Å². The summed E-state index contributed by atoms with van der Waals surface area (Å²) in [5.74, 6) is 1.34. The lowest BCUT2D eigenvalue weighted by atomic mass is 10.2. The Balaban J connectivity index is 2.37. The van der Waals surface area contributed by atoms with E-state index in [-0.39, 0.29) is 0 Å². The summed E-state index contributed by atoms with van der Waals surface area (Å²) in [6, 6.07) is 5.05. The molecule has 1 aliphatic heterocycles. The van der Waals surface area contributed by atoms with Gasteiger partial charge < -0.3 is 9.47 Å². The predicted octanol–water partition coefficient (Wildman–Crippen LogP) is 1.31. The van der Waals surface area contributed by atoms with E-state index in [1.54, 1.807) is 18.2 Å². The van der Waals surface area contributed by atoms with E-state index in [0.717, 1.165) is 6.42 Å². The lowest BCUT2D eigenvalue weighted by Gasteiger charge is -2.05. The van der Waals surface area contributed by atoms with Gasteiger partial charge in [-0.2, -0.15) is 0 Å². The normalized spacial score (nSPS) is 14.8. The fourth-order valence-corrected chi connectivity index (χ4v) is 1.23. The molecule has 0 saturated carbocycles. The average Bonchev–Trinajstić information content (AvgIpc) is 2.41. The molecule has 0 atom stereocenters. The van der Waals surface area contributed by atoms with Crippen LogP contribution < -0.4 is 9.47 Å². The maximum absolute atomic E-state index is 10.4. The molecule has 1 aliphatic rings. The van der Waals surface area contributed by atoms with Crippen molar-refractivity contribution in [2.24, 2.45) is 0 Å². The molecule has 2 rings (SSSR count). The van der Waals surface area contributed by atoms with Gasteiger partial charge in [-0.05, 0) is 18.2 Å². The summed E-state index contributed by atoms with van der Waals surface area (Å²) in [7, 11) is 0. The van der Waals surface area contributed by atoms with Gasteiger partial charge in [0.2, 0.25) is 6.29 Å². The Morgan fingerprint density at radius 1 is 1.15 bits per heavy atom. The zero-order valence-corrected chi connectivity index (χ0v) is 7.08. The minimum Gasteiger partial charge on any atom is -0.490 e. The SMILES string of the molecule is O=[C]c1ccc2c(c1)OCCCO2. The highest BCUT2D eigenvalue weighted by molar-refractivity contribution is 5.76. The van der Waals surface area contributed by atoms with Crippen molar-refractivity contribution in [2.75, 3.05) is 13.2 Å². The highest BCUT2D eigenvalue weighted by atomic mass is 16.5. The molecule has 0 spiro atoms. The molecule has 67 valence electrons. The quantitative estimate of drug-likeness (QED) is 0.648. The van der Waals surface area contributed by atoms with E-state index in [2.05, 4.69) is 0 Å². The smallest absolute Gasteiger partial charge is 0.233 e. The molecule has 0 saturated heterocycles. The Bertz CT molecular complexity index is 320. The van der Waals surface area contributed by atoms with Gasteiger partial charge >= 0.3 is 0 Å². The highest BCUT2D eigenvalue weighted by Gasteiger charge is 2.09. The maximum Gasteiger partial charge on any atom is 0.233 e. The molecule has 0 N–H and O–H groups in total. The van der Waals surface area contributed by atoms with Gasteiger partial charge in [-0.1, -0.05) is 0 Å². The Morgan fingerprint density at radius 2 is 1.92 bits per heavy atom. The average molecular weight is 177 g/mol. The van der Waals surface area contributed by atoms with E-state index in [1.807, 2.05) is 6.29 Å².